The van der Waals surface area contributed by atoms with Crippen molar-refractivity contribution in [1.29, 1.82) is 0 Å². The van der Waals surface area contributed by atoms with Crippen LogP contribution in [0.5, 0.6) is 0 Å². The van der Waals surface area contributed by atoms with Crippen molar-refractivity contribution in [2.24, 2.45) is 0 Å². The first-order valence-electron chi connectivity index (χ1n) is 6.88. The molecule has 3 nitrogen and oxygen atoms in total. The molecule has 18 heavy (non-hydrogen) atoms. The number of fused-ring (bicyclic) bond motifs is 1. The van der Waals surface area contributed by atoms with Crippen molar-refractivity contribution < 1.29 is 9.84 Å². The Morgan fingerprint density at radius 1 is 1.28 bits per heavy atom. The van der Waals surface area contributed by atoms with Gasteiger partial charge in [0.15, 0.2) is 0 Å². The van der Waals surface area contributed by atoms with Gasteiger partial charge in [-0.2, -0.15) is 0 Å². The van der Waals surface area contributed by atoms with Gasteiger partial charge in [0.25, 0.3) is 0 Å². The molecule has 3 heteroatoms. The quantitative estimate of drug-likeness (QED) is 0.860. The molecule has 1 atom stereocenters. The molecule has 2 aliphatic rings. The molecular weight excluding hydrogens is 226 g/mol. The zero-order chi connectivity index (χ0) is 12.4. The molecule has 1 aliphatic heterocycles. The maximum absolute atomic E-state index is 10.4. The van der Waals surface area contributed by atoms with E-state index < -0.39 is 5.60 Å². The minimum Gasteiger partial charge on any atom is -0.389 e. The Labute approximate surface area is 108 Å². The smallest absolute Gasteiger partial charge is 0.0771 e. The zero-order valence-electron chi connectivity index (χ0n) is 10.7. The Bertz CT molecular complexity index is 413. The third-order valence-electron chi connectivity index (χ3n) is 4.18. The summed E-state index contributed by atoms with van der Waals surface area (Å²) >= 11 is 0. The molecule has 3 rings (SSSR count). The van der Waals surface area contributed by atoms with Crippen LogP contribution in [-0.2, 0) is 11.3 Å². The Balaban J connectivity index is 1.67. The van der Waals surface area contributed by atoms with Crippen LogP contribution in [-0.4, -0.2) is 23.9 Å². The van der Waals surface area contributed by atoms with Crippen LogP contribution in [0.2, 0.25) is 0 Å². The molecule has 1 unspecified atom stereocenters. The predicted molar refractivity (Wildman–Crippen MR) is 70.3 cm³/mol. The van der Waals surface area contributed by atoms with E-state index in [2.05, 4.69) is 29.6 Å². The standard InChI is InChI=1S/C15H21NO2/c17-15(7-3-4-8-15)11-16-14-10-18-9-12-5-1-2-6-13(12)14/h1-2,5-6,14,16-17H,3-4,7-11H2. The molecule has 1 fully saturated rings. The molecule has 0 saturated heterocycles. The topological polar surface area (TPSA) is 41.5 Å². The van der Waals surface area contributed by atoms with Crippen molar-refractivity contribution >= 4 is 0 Å². The van der Waals surface area contributed by atoms with E-state index in [9.17, 15) is 5.11 Å². The lowest BCUT2D eigenvalue weighted by atomic mass is 9.97. The van der Waals surface area contributed by atoms with Crippen molar-refractivity contribution in [3.63, 3.8) is 0 Å². The number of aliphatic hydroxyl groups is 1. The number of ether oxygens (including phenoxy) is 1. The maximum atomic E-state index is 10.4. The van der Waals surface area contributed by atoms with Gasteiger partial charge >= 0.3 is 0 Å². The maximum Gasteiger partial charge on any atom is 0.0771 e. The van der Waals surface area contributed by atoms with E-state index >= 15 is 0 Å². The zero-order valence-corrected chi connectivity index (χ0v) is 10.7. The summed E-state index contributed by atoms with van der Waals surface area (Å²) in [5, 5.41) is 13.9. The second-order valence-corrected chi connectivity index (χ2v) is 5.58. The van der Waals surface area contributed by atoms with Gasteiger partial charge in [0.05, 0.1) is 24.9 Å². The lowest BCUT2D eigenvalue weighted by molar-refractivity contribution is 0.0319. The van der Waals surface area contributed by atoms with Gasteiger partial charge in [0.2, 0.25) is 0 Å². The SMILES string of the molecule is OC1(CNC2COCc3ccccc32)CCCC1. The molecule has 1 heterocycles. The van der Waals surface area contributed by atoms with E-state index in [0.717, 1.165) is 25.7 Å². The molecule has 0 amide bonds. The van der Waals surface area contributed by atoms with E-state index in [4.69, 9.17) is 4.74 Å². The van der Waals surface area contributed by atoms with Gasteiger partial charge in [-0.15, -0.1) is 0 Å². The first-order valence-corrected chi connectivity index (χ1v) is 6.88. The monoisotopic (exact) mass is 247 g/mol. The first kappa shape index (κ1) is 12.2. The summed E-state index contributed by atoms with van der Waals surface area (Å²) in [5.74, 6) is 0. The summed E-state index contributed by atoms with van der Waals surface area (Å²) in [6.45, 7) is 2.08. The predicted octanol–water partition coefficient (Wildman–Crippen LogP) is 2.15. The van der Waals surface area contributed by atoms with Crippen molar-refractivity contribution in [3.05, 3.63) is 35.4 Å². The van der Waals surface area contributed by atoms with E-state index in [-0.39, 0.29) is 6.04 Å². The molecule has 0 bridgehead atoms. The fraction of sp³-hybridized carbons (Fsp3) is 0.600. The summed E-state index contributed by atoms with van der Waals surface area (Å²) < 4.78 is 5.61. The molecule has 1 aromatic carbocycles. The van der Waals surface area contributed by atoms with Crippen molar-refractivity contribution in [1.82, 2.24) is 5.32 Å². The third kappa shape index (κ3) is 2.44. The minimum absolute atomic E-state index is 0.222. The number of hydrogen-bond donors (Lipinski definition) is 2. The van der Waals surface area contributed by atoms with Crippen LogP contribution in [0.15, 0.2) is 24.3 Å². The molecular formula is C15H21NO2. The van der Waals surface area contributed by atoms with Gasteiger partial charge in [-0.3, -0.25) is 0 Å². The summed E-state index contributed by atoms with van der Waals surface area (Å²) in [4.78, 5) is 0. The van der Waals surface area contributed by atoms with Crippen LogP contribution >= 0.6 is 0 Å². The van der Waals surface area contributed by atoms with E-state index in [1.54, 1.807) is 0 Å². The van der Waals surface area contributed by atoms with Gasteiger partial charge in [0.1, 0.15) is 0 Å². The van der Waals surface area contributed by atoms with E-state index in [0.29, 0.717) is 19.8 Å². The average Bonchev–Trinajstić information content (AvgIpc) is 2.84. The summed E-state index contributed by atoms with van der Waals surface area (Å²) in [5.41, 5.74) is 2.09. The molecule has 2 N–H and O–H groups in total. The van der Waals surface area contributed by atoms with Crippen LogP contribution in [0.1, 0.15) is 42.9 Å². The van der Waals surface area contributed by atoms with Crippen LogP contribution in [0, 0.1) is 0 Å². The van der Waals surface area contributed by atoms with Crippen LogP contribution in [0.25, 0.3) is 0 Å². The van der Waals surface area contributed by atoms with Crippen LogP contribution in [0.4, 0.5) is 0 Å². The summed E-state index contributed by atoms with van der Waals surface area (Å²) in [6, 6.07) is 8.62. The fourth-order valence-electron chi connectivity index (χ4n) is 3.07. The number of hydrogen-bond acceptors (Lipinski definition) is 3. The molecule has 0 spiro atoms. The van der Waals surface area contributed by atoms with Gasteiger partial charge in [0, 0.05) is 6.54 Å². The van der Waals surface area contributed by atoms with Crippen molar-refractivity contribution in [2.75, 3.05) is 13.2 Å². The van der Waals surface area contributed by atoms with Gasteiger partial charge in [-0.05, 0) is 24.0 Å². The van der Waals surface area contributed by atoms with Crippen LogP contribution in [0.3, 0.4) is 0 Å². The fourth-order valence-corrected chi connectivity index (χ4v) is 3.07. The highest BCUT2D eigenvalue weighted by atomic mass is 16.5. The van der Waals surface area contributed by atoms with Gasteiger partial charge < -0.3 is 15.2 Å². The minimum atomic E-state index is -0.494. The first-order chi connectivity index (χ1) is 8.77. The van der Waals surface area contributed by atoms with Gasteiger partial charge in [-0.25, -0.2) is 0 Å². The Morgan fingerprint density at radius 3 is 2.89 bits per heavy atom. The van der Waals surface area contributed by atoms with Crippen LogP contribution < -0.4 is 5.32 Å². The van der Waals surface area contributed by atoms with E-state index in [1.165, 1.54) is 11.1 Å². The van der Waals surface area contributed by atoms with Crippen molar-refractivity contribution in [3.8, 4) is 0 Å². The van der Waals surface area contributed by atoms with Gasteiger partial charge in [-0.1, -0.05) is 37.1 Å². The number of benzene rings is 1. The largest absolute Gasteiger partial charge is 0.389 e. The normalized spacial score (nSPS) is 25.9. The third-order valence-corrected chi connectivity index (χ3v) is 4.18. The second kappa shape index (κ2) is 5.00. The Hall–Kier alpha value is -0.900. The summed E-state index contributed by atoms with van der Waals surface area (Å²) in [6.07, 6.45) is 4.15. The highest BCUT2D eigenvalue weighted by Gasteiger charge is 2.32. The number of nitrogens with one attached hydrogen (secondary N) is 1. The molecule has 0 radical (unpaired) electrons. The summed E-state index contributed by atoms with van der Waals surface area (Å²) in [7, 11) is 0. The molecule has 0 aromatic heterocycles. The lowest BCUT2D eigenvalue weighted by Crippen LogP contribution is -2.41. The highest BCUT2D eigenvalue weighted by molar-refractivity contribution is 5.31. The highest BCUT2D eigenvalue weighted by Crippen LogP contribution is 2.30. The molecule has 1 aliphatic carbocycles. The molecule has 98 valence electrons. The number of rotatable bonds is 3. The van der Waals surface area contributed by atoms with Crippen molar-refractivity contribution in [2.45, 2.75) is 43.9 Å². The molecule has 1 saturated carbocycles. The Morgan fingerprint density at radius 2 is 2.06 bits per heavy atom. The second-order valence-electron chi connectivity index (χ2n) is 5.58. The average molecular weight is 247 g/mol. The van der Waals surface area contributed by atoms with E-state index in [1.807, 2.05) is 0 Å². The Kier molecular flexibility index (Phi) is 3.37. The molecule has 1 aromatic rings. The lowest BCUT2D eigenvalue weighted by Gasteiger charge is -2.30.